The van der Waals surface area contributed by atoms with Crippen molar-refractivity contribution in [1.82, 2.24) is 0 Å². The van der Waals surface area contributed by atoms with Crippen molar-refractivity contribution < 1.29 is 4.79 Å². The van der Waals surface area contributed by atoms with Crippen LogP contribution in [-0.4, -0.2) is 5.78 Å². The maximum Gasteiger partial charge on any atom is 0.159 e. The van der Waals surface area contributed by atoms with Gasteiger partial charge in [-0.25, -0.2) is 0 Å². The van der Waals surface area contributed by atoms with Crippen molar-refractivity contribution in [3.63, 3.8) is 0 Å². The SMILES string of the molecule is CC(=O)c1ccc(SC(c2ccccc2)(c2ccccc2)c2ccccc2)cc1. The summed E-state index contributed by atoms with van der Waals surface area (Å²) in [7, 11) is 0. The van der Waals surface area contributed by atoms with Gasteiger partial charge in [-0.1, -0.05) is 103 Å². The van der Waals surface area contributed by atoms with Crippen LogP contribution in [-0.2, 0) is 4.75 Å². The van der Waals surface area contributed by atoms with Gasteiger partial charge >= 0.3 is 0 Å². The molecule has 0 aromatic heterocycles. The van der Waals surface area contributed by atoms with E-state index in [0.29, 0.717) is 0 Å². The number of carbonyl (C=O) groups excluding carboxylic acids is 1. The van der Waals surface area contributed by atoms with Crippen LogP contribution >= 0.6 is 11.8 Å². The number of hydrogen-bond acceptors (Lipinski definition) is 2. The Kier molecular flexibility index (Phi) is 5.64. The Morgan fingerprint density at radius 1 is 0.586 bits per heavy atom. The zero-order valence-electron chi connectivity index (χ0n) is 16.3. The smallest absolute Gasteiger partial charge is 0.159 e. The van der Waals surface area contributed by atoms with Gasteiger partial charge in [0.2, 0.25) is 0 Å². The van der Waals surface area contributed by atoms with Crippen molar-refractivity contribution in [3.05, 3.63) is 138 Å². The molecule has 0 saturated carbocycles. The molecule has 4 aromatic rings. The number of rotatable bonds is 6. The molecule has 0 atom stereocenters. The number of thioether (sulfide) groups is 1. The number of benzene rings is 4. The van der Waals surface area contributed by atoms with Gasteiger partial charge in [0, 0.05) is 10.5 Å². The molecule has 0 aliphatic rings. The second-order valence-corrected chi connectivity index (χ2v) is 8.25. The van der Waals surface area contributed by atoms with E-state index >= 15 is 0 Å². The summed E-state index contributed by atoms with van der Waals surface area (Å²) in [6.07, 6.45) is 0. The van der Waals surface area contributed by atoms with Crippen LogP contribution in [0.4, 0.5) is 0 Å². The lowest BCUT2D eigenvalue weighted by molar-refractivity contribution is 0.101. The maximum absolute atomic E-state index is 11.7. The van der Waals surface area contributed by atoms with Gasteiger partial charge in [-0.3, -0.25) is 4.79 Å². The van der Waals surface area contributed by atoms with E-state index in [1.54, 1.807) is 18.7 Å². The summed E-state index contributed by atoms with van der Waals surface area (Å²) in [5.41, 5.74) is 4.40. The molecule has 0 aliphatic carbocycles. The third-order valence-electron chi connectivity index (χ3n) is 5.07. The lowest BCUT2D eigenvalue weighted by Gasteiger charge is -2.35. The highest BCUT2D eigenvalue weighted by molar-refractivity contribution is 8.00. The van der Waals surface area contributed by atoms with Crippen LogP contribution in [0, 0.1) is 0 Å². The second kappa shape index (κ2) is 8.50. The van der Waals surface area contributed by atoms with Crippen molar-refractivity contribution in [1.29, 1.82) is 0 Å². The molecule has 0 radical (unpaired) electrons. The predicted molar refractivity (Wildman–Crippen MR) is 122 cm³/mol. The zero-order chi connectivity index (χ0) is 20.1. The highest BCUT2D eigenvalue weighted by Gasteiger charge is 2.37. The first kappa shape index (κ1) is 19.2. The molecular formula is C27H22OS. The molecule has 1 nitrogen and oxygen atoms in total. The van der Waals surface area contributed by atoms with Crippen LogP contribution in [0.15, 0.2) is 120 Å². The van der Waals surface area contributed by atoms with Gasteiger partial charge in [-0.15, -0.1) is 11.8 Å². The molecule has 0 heterocycles. The molecule has 4 aromatic carbocycles. The van der Waals surface area contributed by atoms with Gasteiger partial charge in [-0.05, 0) is 35.7 Å². The monoisotopic (exact) mass is 394 g/mol. The van der Waals surface area contributed by atoms with Crippen molar-refractivity contribution in [3.8, 4) is 0 Å². The second-order valence-electron chi connectivity index (χ2n) is 6.96. The fourth-order valence-corrected chi connectivity index (χ4v) is 5.02. The Hall–Kier alpha value is -3.10. The van der Waals surface area contributed by atoms with Gasteiger partial charge < -0.3 is 0 Å². The first-order valence-electron chi connectivity index (χ1n) is 9.67. The van der Waals surface area contributed by atoms with Gasteiger partial charge in [0.05, 0.1) is 4.75 Å². The van der Waals surface area contributed by atoms with E-state index in [1.807, 2.05) is 24.3 Å². The fourth-order valence-electron chi connectivity index (χ4n) is 3.63. The lowest BCUT2D eigenvalue weighted by Crippen LogP contribution is -2.25. The molecular weight excluding hydrogens is 372 g/mol. The molecule has 0 amide bonds. The minimum absolute atomic E-state index is 0.0852. The molecule has 0 aliphatic heterocycles. The van der Waals surface area contributed by atoms with E-state index in [2.05, 4.69) is 91.0 Å². The van der Waals surface area contributed by atoms with Crippen molar-refractivity contribution in [2.75, 3.05) is 0 Å². The van der Waals surface area contributed by atoms with Crippen LogP contribution in [0.3, 0.4) is 0 Å². The average molecular weight is 395 g/mol. The summed E-state index contributed by atoms with van der Waals surface area (Å²) in [5.74, 6) is 0.0852. The molecule has 0 N–H and O–H groups in total. The Labute approximate surface area is 176 Å². The first-order chi connectivity index (χ1) is 14.2. The number of Topliss-reactive ketones (excluding diaryl/α,β-unsaturated/α-hetero) is 1. The molecule has 0 fully saturated rings. The quantitative estimate of drug-likeness (QED) is 0.199. The highest BCUT2D eigenvalue weighted by atomic mass is 32.2. The van der Waals surface area contributed by atoms with E-state index in [-0.39, 0.29) is 5.78 Å². The molecule has 4 rings (SSSR count). The van der Waals surface area contributed by atoms with Crippen LogP contribution in [0.25, 0.3) is 0 Å². The summed E-state index contributed by atoms with van der Waals surface area (Å²) >= 11 is 1.80. The molecule has 142 valence electrons. The summed E-state index contributed by atoms with van der Waals surface area (Å²) in [6, 6.07) is 39.8. The average Bonchev–Trinajstić information content (AvgIpc) is 2.79. The minimum atomic E-state index is -0.401. The summed E-state index contributed by atoms with van der Waals surface area (Å²) < 4.78 is -0.401. The van der Waals surface area contributed by atoms with Gasteiger partial charge in [0.25, 0.3) is 0 Å². The predicted octanol–water partition coefficient (Wildman–Crippen LogP) is 6.97. The third-order valence-corrected chi connectivity index (χ3v) is 6.59. The van der Waals surface area contributed by atoms with E-state index in [1.165, 1.54) is 16.7 Å². The molecule has 0 bridgehead atoms. The summed E-state index contributed by atoms with van der Waals surface area (Å²) in [5, 5.41) is 0. The number of hydrogen-bond donors (Lipinski definition) is 0. The number of carbonyl (C=O) groups is 1. The van der Waals surface area contributed by atoms with Gasteiger partial charge in [0.1, 0.15) is 0 Å². The standard InChI is InChI=1S/C27H22OS/c1-21(28)22-17-19-26(20-18-22)29-27(23-11-5-2-6-12-23,24-13-7-3-8-14-24)25-15-9-4-10-16-25/h2-20H,1H3. The van der Waals surface area contributed by atoms with Crippen LogP contribution in [0.2, 0.25) is 0 Å². The zero-order valence-corrected chi connectivity index (χ0v) is 17.1. The Morgan fingerprint density at radius 2 is 0.966 bits per heavy atom. The van der Waals surface area contributed by atoms with Gasteiger partial charge in [-0.2, -0.15) is 0 Å². The topological polar surface area (TPSA) is 17.1 Å². The molecule has 29 heavy (non-hydrogen) atoms. The number of ketones is 1. The van der Waals surface area contributed by atoms with Crippen LogP contribution < -0.4 is 0 Å². The van der Waals surface area contributed by atoms with Crippen molar-refractivity contribution in [2.24, 2.45) is 0 Å². The van der Waals surface area contributed by atoms with Crippen molar-refractivity contribution >= 4 is 17.5 Å². The molecule has 0 spiro atoms. The Balaban J connectivity index is 1.93. The van der Waals surface area contributed by atoms with Gasteiger partial charge in [0.15, 0.2) is 5.78 Å². The fraction of sp³-hybridized carbons (Fsp3) is 0.0741. The maximum atomic E-state index is 11.7. The van der Waals surface area contributed by atoms with E-state index in [0.717, 1.165) is 10.5 Å². The minimum Gasteiger partial charge on any atom is -0.295 e. The summed E-state index contributed by atoms with van der Waals surface area (Å²) in [6.45, 7) is 1.60. The van der Waals surface area contributed by atoms with Crippen molar-refractivity contribution in [2.45, 2.75) is 16.6 Å². The van der Waals surface area contributed by atoms with Crippen LogP contribution in [0.5, 0.6) is 0 Å². The largest absolute Gasteiger partial charge is 0.295 e. The third kappa shape index (κ3) is 3.90. The van der Waals surface area contributed by atoms with E-state index in [9.17, 15) is 4.79 Å². The Bertz CT molecular complexity index is 975. The molecule has 0 unspecified atom stereocenters. The lowest BCUT2D eigenvalue weighted by atomic mass is 9.84. The van der Waals surface area contributed by atoms with Crippen LogP contribution in [0.1, 0.15) is 34.0 Å². The highest BCUT2D eigenvalue weighted by Crippen LogP contribution is 2.51. The van der Waals surface area contributed by atoms with E-state index in [4.69, 9.17) is 0 Å². The summed E-state index contributed by atoms with van der Waals surface area (Å²) in [4.78, 5) is 12.8. The first-order valence-corrected chi connectivity index (χ1v) is 10.5. The normalized spacial score (nSPS) is 11.2. The Morgan fingerprint density at radius 3 is 1.31 bits per heavy atom. The van der Waals surface area contributed by atoms with E-state index < -0.39 is 4.75 Å². The molecule has 2 heteroatoms. The molecule has 0 saturated heterocycles.